The SMILES string of the molecule is COc1ccc(/C=C/c2ccc(/C=C/c3ccc(OC)cc3)c(OCCOS(=O)(=O)c3ccc(C)cc3)c2)cc1. The molecule has 0 N–H and O–H groups in total. The summed E-state index contributed by atoms with van der Waals surface area (Å²) in [6, 6.07) is 27.9. The molecule has 0 unspecified atom stereocenters. The fourth-order valence-electron chi connectivity index (χ4n) is 3.79. The van der Waals surface area contributed by atoms with Crippen molar-refractivity contribution in [3.05, 3.63) is 119 Å². The van der Waals surface area contributed by atoms with Crippen LogP contribution in [-0.2, 0) is 14.3 Å². The second kappa shape index (κ2) is 13.6. The van der Waals surface area contributed by atoms with E-state index in [1.54, 1.807) is 26.4 Å². The Morgan fingerprint density at radius 2 is 1.15 bits per heavy atom. The highest BCUT2D eigenvalue weighted by molar-refractivity contribution is 7.86. The first-order valence-corrected chi connectivity index (χ1v) is 14.1. The minimum atomic E-state index is -3.87. The van der Waals surface area contributed by atoms with Crippen LogP contribution < -0.4 is 14.2 Å². The van der Waals surface area contributed by atoms with Crippen molar-refractivity contribution >= 4 is 34.4 Å². The van der Waals surface area contributed by atoms with Crippen LogP contribution in [0.5, 0.6) is 17.2 Å². The molecule has 0 amide bonds. The van der Waals surface area contributed by atoms with E-state index < -0.39 is 10.1 Å². The van der Waals surface area contributed by atoms with Crippen molar-refractivity contribution in [2.45, 2.75) is 11.8 Å². The maximum atomic E-state index is 12.5. The molecular formula is C33H32O6S. The van der Waals surface area contributed by atoms with Gasteiger partial charge in [-0.3, -0.25) is 4.18 Å². The Hall–Kier alpha value is -4.33. The predicted molar refractivity (Wildman–Crippen MR) is 160 cm³/mol. The van der Waals surface area contributed by atoms with Crippen molar-refractivity contribution in [2.75, 3.05) is 27.4 Å². The minimum Gasteiger partial charge on any atom is -0.497 e. The van der Waals surface area contributed by atoms with Crippen LogP contribution >= 0.6 is 0 Å². The normalized spacial score (nSPS) is 11.7. The monoisotopic (exact) mass is 556 g/mol. The molecule has 7 heteroatoms. The quantitative estimate of drug-likeness (QED) is 0.105. The molecule has 4 rings (SSSR count). The molecule has 0 aromatic heterocycles. The summed E-state index contributed by atoms with van der Waals surface area (Å²) in [6.07, 6.45) is 7.93. The second-order valence-corrected chi connectivity index (χ2v) is 10.6. The third-order valence-electron chi connectivity index (χ3n) is 6.08. The van der Waals surface area contributed by atoms with E-state index in [2.05, 4.69) is 0 Å². The third kappa shape index (κ3) is 8.09. The van der Waals surface area contributed by atoms with Crippen LogP contribution in [0.1, 0.15) is 27.8 Å². The minimum absolute atomic E-state index is 0.0557. The number of ether oxygens (including phenoxy) is 3. The number of hydrogen-bond donors (Lipinski definition) is 0. The van der Waals surface area contributed by atoms with Crippen LogP contribution in [-0.4, -0.2) is 35.9 Å². The Labute approximate surface area is 236 Å². The largest absolute Gasteiger partial charge is 0.497 e. The molecule has 0 radical (unpaired) electrons. The maximum absolute atomic E-state index is 12.5. The van der Waals surface area contributed by atoms with Crippen molar-refractivity contribution in [3.63, 3.8) is 0 Å². The molecule has 0 aliphatic heterocycles. The van der Waals surface area contributed by atoms with Gasteiger partial charge in [0.15, 0.2) is 0 Å². The van der Waals surface area contributed by atoms with Gasteiger partial charge < -0.3 is 14.2 Å². The van der Waals surface area contributed by atoms with E-state index >= 15 is 0 Å². The number of hydrogen-bond acceptors (Lipinski definition) is 6. The highest BCUT2D eigenvalue weighted by Gasteiger charge is 2.15. The van der Waals surface area contributed by atoms with Gasteiger partial charge in [-0.2, -0.15) is 8.42 Å². The first-order valence-electron chi connectivity index (χ1n) is 12.7. The number of rotatable bonds is 12. The molecule has 0 saturated heterocycles. The second-order valence-electron chi connectivity index (χ2n) is 8.95. The van der Waals surface area contributed by atoms with Gasteiger partial charge in [-0.1, -0.05) is 78.4 Å². The van der Waals surface area contributed by atoms with Gasteiger partial charge in [0.05, 0.1) is 19.1 Å². The summed E-state index contributed by atoms with van der Waals surface area (Å²) < 4.78 is 46.7. The molecule has 40 heavy (non-hydrogen) atoms. The number of aryl methyl sites for hydroxylation is 1. The average Bonchev–Trinajstić information content (AvgIpc) is 2.98. The molecule has 4 aromatic carbocycles. The molecule has 0 saturated carbocycles. The standard InChI is InChI=1S/C33H32O6S/c1-25-4-20-32(21-5-25)40(34,35)39-23-22-38-33-24-28(7-6-26-10-16-30(36-2)17-11-26)9-15-29(33)14-8-27-12-18-31(37-3)19-13-27/h4-21,24H,22-23H2,1-3H3/b7-6+,14-8+. The van der Waals surface area contributed by atoms with E-state index in [0.717, 1.165) is 39.3 Å². The fourth-order valence-corrected chi connectivity index (χ4v) is 4.69. The number of methoxy groups -OCH3 is 2. The fraction of sp³-hybridized carbons (Fsp3) is 0.152. The summed E-state index contributed by atoms with van der Waals surface area (Å²) in [5.74, 6) is 2.19. The van der Waals surface area contributed by atoms with Gasteiger partial charge in [0.2, 0.25) is 0 Å². The Morgan fingerprint density at radius 3 is 1.73 bits per heavy atom. The molecule has 206 valence electrons. The predicted octanol–water partition coefficient (Wildman–Crippen LogP) is 7.14. The smallest absolute Gasteiger partial charge is 0.297 e. The first-order chi connectivity index (χ1) is 19.4. The Kier molecular flexibility index (Phi) is 9.78. The molecule has 0 aliphatic carbocycles. The lowest BCUT2D eigenvalue weighted by Crippen LogP contribution is -2.13. The van der Waals surface area contributed by atoms with E-state index in [1.807, 2.05) is 98.0 Å². The van der Waals surface area contributed by atoms with Gasteiger partial charge >= 0.3 is 0 Å². The molecule has 0 bridgehead atoms. The molecular weight excluding hydrogens is 524 g/mol. The van der Waals surface area contributed by atoms with Gasteiger partial charge in [0.1, 0.15) is 30.5 Å². The molecule has 4 aromatic rings. The van der Waals surface area contributed by atoms with E-state index in [4.69, 9.17) is 18.4 Å². The third-order valence-corrected chi connectivity index (χ3v) is 7.41. The van der Waals surface area contributed by atoms with E-state index in [0.29, 0.717) is 5.75 Å². The highest BCUT2D eigenvalue weighted by Crippen LogP contribution is 2.25. The molecule has 0 heterocycles. The Balaban J connectivity index is 1.49. The van der Waals surface area contributed by atoms with Crippen LogP contribution in [0.3, 0.4) is 0 Å². The lowest BCUT2D eigenvalue weighted by molar-refractivity contribution is 0.221. The van der Waals surface area contributed by atoms with Crippen molar-refractivity contribution in [3.8, 4) is 17.2 Å². The zero-order valence-corrected chi connectivity index (χ0v) is 23.6. The summed E-state index contributed by atoms with van der Waals surface area (Å²) in [6.45, 7) is 1.83. The van der Waals surface area contributed by atoms with Gasteiger partial charge in [-0.15, -0.1) is 0 Å². The van der Waals surface area contributed by atoms with E-state index in [-0.39, 0.29) is 18.1 Å². The first kappa shape index (κ1) is 28.7. The van der Waals surface area contributed by atoms with Gasteiger partial charge in [0.25, 0.3) is 10.1 Å². The lowest BCUT2D eigenvalue weighted by Gasteiger charge is -2.11. The Bertz CT molecular complexity index is 1550. The van der Waals surface area contributed by atoms with Crippen molar-refractivity contribution < 1.29 is 26.8 Å². The van der Waals surface area contributed by atoms with Crippen LogP contribution in [0.2, 0.25) is 0 Å². The summed E-state index contributed by atoms with van der Waals surface area (Å²) in [4.78, 5) is 0.117. The maximum Gasteiger partial charge on any atom is 0.297 e. The van der Waals surface area contributed by atoms with Crippen molar-refractivity contribution in [1.82, 2.24) is 0 Å². The molecule has 0 aliphatic rings. The van der Waals surface area contributed by atoms with Gasteiger partial charge in [-0.25, -0.2) is 0 Å². The average molecular weight is 557 g/mol. The van der Waals surface area contributed by atoms with Crippen LogP contribution in [0.15, 0.2) is 95.9 Å². The van der Waals surface area contributed by atoms with Gasteiger partial charge in [-0.05, 0) is 66.1 Å². The molecule has 6 nitrogen and oxygen atoms in total. The van der Waals surface area contributed by atoms with Gasteiger partial charge in [0, 0.05) is 5.56 Å². The summed E-state index contributed by atoms with van der Waals surface area (Å²) in [7, 11) is -0.598. The summed E-state index contributed by atoms with van der Waals surface area (Å²) in [5, 5.41) is 0. The Morgan fingerprint density at radius 1 is 0.625 bits per heavy atom. The zero-order chi connectivity index (χ0) is 28.4. The van der Waals surface area contributed by atoms with Crippen LogP contribution in [0, 0.1) is 6.92 Å². The van der Waals surface area contributed by atoms with Crippen molar-refractivity contribution in [2.24, 2.45) is 0 Å². The zero-order valence-electron chi connectivity index (χ0n) is 22.7. The topological polar surface area (TPSA) is 71.1 Å². The lowest BCUT2D eigenvalue weighted by atomic mass is 10.1. The van der Waals surface area contributed by atoms with E-state index in [9.17, 15) is 8.42 Å². The van der Waals surface area contributed by atoms with Crippen LogP contribution in [0.25, 0.3) is 24.3 Å². The highest BCUT2D eigenvalue weighted by atomic mass is 32.2. The summed E-state index contributed by atoms with van der Waals surface area (Å²) in [5.41, 5.74) is 4.78. The molecule has 0 fully saturated rings. The molecule has 0 spiro atoms. The van der Waals surface area contributed by atoms with E-state index in [1.165, 1.54) is 12.1 Å². The van der Waals surface area contributed by atoms with Crippen molar-refractivity contribution in [1.29, 1.82) is 0 Å². The summed E-state index contributed by atoms with van der Waals surface area (Å²) >= 11 is 0. The van der Waals surface area contributed by atoms with Crippen LogP contribution in [0.4, 0.5) is 0 Å². The number of benzene rings is 4. The molecule has 0 atom stereocenters.